The minimum Gasteiger partial charge on any atom is -0.446 e. The molecule has 9 heteroatoms. The van der Waals surface area contributed by atoms with Crippen molar-refractivity contribution in [2.45, 2.75) is 20.0 Å². The summed E-state index contributed by atoms with van der Waals surface area (Å²) in [7, 11) is -4.08. The van der Waals surface area contributed by atoms with Crippen LogP contribution in [0.25, 0.3) is 0 Å². The van der Waals surface area contributed by atoms with E-state index in [9.17, 15) is 13.2 Å². The van der Waals surface area contributed by atoms with Crippen molar-refractivity contribution in [3.05, 3.63) is 18.5 Å². The van der Waals surface area contributed by atoms with Gasteiger partial charge in [0.25, 0.3) is 0 Å². The summed E-state index contributed by atoms with van der Waals surface area (Å²) in [6, 6.07) is 1.36. The average Bonchev–Trinajstić information content (AvgIpc) is 2.18. The van der Waals surface area contributed by atoms with E-state index in [0.29, 0.717) is 0 Å². The van der Waals surface area contributed by atoms with Gasteiger partial charge in [-0.1, -0.05) is 0 Å². The first-order valence-electron chi connectivity index (χ1n) is 5.01. The van der Waals surface area contributed by atoms with E-state index in [1.807, 2.05) is 0 Å². The number of aromatic nitrogens is 1. The first-order chi connectivity index (χ1) is 8.30. The van der Waals surface area contributed by atoms with Crippen LogP contribution >= 0.6 is 0 Å². The second kappa shape index (κ2) is 5.54. The number of pyridine rings is 1. The number of carbonyl (C=O) groups excluding carboxylic acids is 1. The number of nitrogen functional groups attached to an aromatic ring is 1. The number of hydrogen-bond acceptors (Lipinski definition) is 6. The van der Waals surface area contributed by atoms with Crippen LogP contribution in [0.3, 0.4) is 0 Å². The van der Waals surface area contributed by atoms with Crippen LogP contribution in [0.5, 0.6) is 0 Å². The molecule has 0 aliphatic rings. The normalized spacial score (nSPS) is 11.1. The van der Waals surface area contributed by atoms with Gasteiger partial charge in [-0.15, -0.1) is 0 Å². The molecule has 1 amide bonds. The Morgan fingerprint density at radius 1 is 1.50 bits per heavy atom. The van der Waals surface area contributed by atoms with Gasteiger partial charge >= 0.3 is 16.3 Å². The molecule has 0 saturated heterocycles. The van der Waals surface area contributed by atoms with E-state index in [1.165, 1.54) is 18.5 Å². The fourth-order valence-corrected chi connectivity index (χ4v) is 1.81. The molecular formula is C9H14N4O4S. The smallest absolute Gasteiger partial charge is 0.422 e. The Balaban J connectivity index is 2.72. The van der Waals surface area contributed by atoms with Crippen molar-refractivity contribution in [1.82, 2.24) is 9.71 Å². The SMILES string of the molecule is CC(C)OC(=O)NS(=O)(=O)Nc1ccncc1N. The van der Waals surface area contributed by atoms with Gasteiger partial charge in [-0.05, 0) is 19.9 Å². The lowest BCUT2D eigenvalue weighted by Gasteiger charge is -2.12. The molecule has 0 aliphatic heterocycles. The van der Waals surface area contributed by atoms with Crippen LogP contribution in [0.4, 0.5) is 16.2 Å². The molecule has 4 N–H and O–H groups in total. The topological polar surface area (TPSA) is 123 Å². The minimum absolute atomic E-state index is 0.120. The molecule has 1 heterocycles. The summed E-state index contributed by atoms with van der Waals surface area (Å²) < 4.78 is 31.5. The second-order valence-corrected chi connectivity index (χ2v) is 5.04. The Morgan fingerprint density at radius 3 is 2.72 bits per heavy atom. The molecule has 0 bridgehead atoms. The van der Waals surface area contributed by atoms with Crippen LogP contribution in [0, 0.1) is 0 Å². The monoisotopic (exact) mass is 274 g/mol. The maximum absolute atomic E-state index is 11.5. The van der Waals surface area contributed by atoms with Crippen LogP contribution in [0.1, 0.15) is 13.8 Å². The lowest BCUT2D eigenvalue weighted by molar-refractivity contribution is 0.121. The van der Waals surface area contributed by atoms with Crippen LogP contribution in [0.2, 0.25) is 0 Å². The molecule has 0 fully saturated rings. The molecule has 100 valence electrons. The van der Waals surface area contributed by atoms with E-state index in [2.05, 4.69) is 14.4 Å². The molecule has 0 radical (unpaired) electrons. The van der Waals surface area contributed by atoms with Crippen LogP contribution in [-0.4, -0.2) is 25.6 Å². The number of amides is 1. The zero-order valence-electron chi connectivity index (χ0n) is 9.88. The highest BCUT2D eigenvalue weighted by atomic mass is 32.2. The lowest BCUT2D eigenvalue weighted by Crippen LogP contribution is -2.37. The van der Waals surface area contributed by atoms with Crippen molar-refractivity contribution in [2.24, 2.45) is 0 Å². The number of nitrogens with one attached hydrogen (secondary N) is 2. The van der Waals surface area contributed by atoms with Gasteiger partial charge in [-0.3, -0.25) is 9.71 Å². The summed E-state index contributed by atoms with van der Waals surface area (Å²) in [5.41, 5.74) is 5.77. The largest absolute Gasteiger partial charge is 0.446 e. The van der Waals surface area contributed by atoms with Crippen molar-refractivity contribution in [3.8, 4) is 0 Å². The number of rotatable bonds is 4. The van der Waals surface area contributed by atoms with Gasteiger partial charge in [0.2, 0.25) is 0 Å². The number of anilines is 2. The molecule has 0 saturated carbocycles. The number of nitrogens with two attached hydrogens (primary N) is 1. The van der Waals surface area contributed by atoms with Crippen LogP contribution in [-0.2, 0) is 14.9 Å². The van der Waals surface area contributed by atoms with Gasteiger partial charge < -0.3 is 10.5 Å². The maximum atomic E-state index is 11.5. The van der Waals surface area contributed by atoms with Gasteiger partial charge in [0.15, 0.2) is 0 Å². The molecule has 0 aliphatic carbocycles. The molecule has 1 aromatic heterocycles. The zero-order valence-corrected chi connectivity index (χ0v) is 10.7. The summed E-state index contributed by atoms with van der Waals surface area (Å²) in [6.07, 6.45) is 1.15. The van der Waals surface area contributed by atoms with Crippen molar-refractivity contribution >= 4 is 27.7 Å². The summed E-state index contributed by atoms with van der Waals surface area (Å²) >= 11 is 0. The fraction of sp³-hybridized carbons (Fsp3) is 0.333. The highest BCUT2D eigenvalue weighted by Crippen LogP contribution is 2.16. The van der Waals surface area contributed by atoms with E-state index in [-0.39, 0.29) is 11.4 Å². The van der Waals surface area contributed by atoms with Crippen molar-refractivity contribution in [3.63, 3.8) is 0 Å². The molecule has 1 rings (SSSR count). The van der Waals surface area contributed by atoms with E-state index >= 15 is 0 Å². The van der Waals surface area contributed by atoms with Crippen LogP contribution in [0.15, 0.2) is 18.5 Å². The third-order valence-electron chi connectivity index (χ3n) is 1.66. The standard InChI is InChI=1S/C9H14N4O4S/c1-6(2)17-9(14)13-18(15,16)12-8-3-4-11-5-7(8)10/h3-6H,10H2,1-2H3,(H,11,12)(H,13,14). The molecule has 0 aromatic carbocycles. The first kappa shape index (κ1) is 14.0. The quantitative estimate of drug-likeness (QED) is 0.732. The van der Waals surface area contributed by atoms with E-state index in [4.69, 9.17) is 5.73 Å². The Kier molecular flexibility index (Phi) is 4.32. The third-order valence-corrected chi connectivity index (χ3v) is 2.58. The summed E-state index contributed by atoms with van der Waals surface area (Å²) in [6.45, 7) is 3.20. The summed E-state index contributed by atoms with van der Waals surface area (Å²) in [5.74, 6) is 0. The fourth-order valence-electron chi connectivity index (χ4n) is 1.02. The molecule has 18 heavy (non-hydrogen) atoms. The minimum atomic E-state index is -4.08. The van der Waals surface area contributed by atoms with Gasteiger partial charge in [0.1, 0.15) is 0 Å². The van der Waals surface area contributed by atoms with Crippen molar-refractivity contribution in [1.29, 1.82) is 0 Å². The van der Waals surface area contributed by atoms with E-state index in [0.717, 1.165) is 0 Å². The van der Waals surface area contributed by atoms with Crippen molar-refractivity contribution in [2.75, 3.05) is 10.5 Å². The average molecular weight is 274 g/mol. The highest BCUT2D eigenvalue weighted by molar-refractivity contribution is 7.91. The zero-order chi connectivity index (χ0) is 13.8. The Hall–Kier alpha value is -2.03. The van der Waals surface area contributed by atoms with Gasteiger partial charge in [0, 0.05) is 6.20 Å². The number of hydrogen-bond donors (Lipinski definition) is 3. The van der Waals surface area contributed by atoms with E-state index < -0.39 is 22.4 Å². The Bertz CT molecular complexity index is 529. The Labute approximate surface area is 105 Å². The maximum Gasteiger partial charge on any atom is 0.422 e. The highest BCUT2D eigenvalue weighted by Gasteiger charge is 2.17. The number of carbonyl (C=O) groups is 1. The van der Waals surface area contributed by atoms with Crippen LogP contribution < -0.4 is 15.2 Å². The predicted molar refractivity (Wildman–Crippen MR) is 65.9 cm³/mol. The number of ether oxygens (including phenoxy) is 1. The van der Waals surface area contributed by atoms with E-state index in [1.54, 1.807) is 18.6 Å². The summed E-state index contributed by atoms with van der Waals surface area (Å²) in [5, 5.41) is 0. The van der Waals surface area contributed by atoms with Gasteiger partial charge in [0.05, 0.1) is 23.7 Å². The predicted octanol–water partition coefficient (Wildman–Crippen LogP) is 0.455. The summed E-state index contributed by atoms with van der Waals surface area (Å²) in [4.78, 5) is 14.9. The molecule has 0 unspecified atom stereocenters. The molecule has 1 aromatic rings. The lowest BCUT2D eigenvalue weighted by atomic mass is 10.4. The molecule has 0 atom stereocenters. The Morgan fingerprint density at radius 2 is 2.17 bits per heavy atom. The number of nitrogens with zero attached hydrogens (tertiary/aromatic N) is 1. The molecule has 8 nitrogen and oxygen atoms in total. The van der Waals surface area contributed by atoms with Gasteiger partial charge in [-0.25, -0.2) is 9.52 Å². The first-order valence-corrected chi connectivity index (χ1v) is 6.49. The van der Waals surface area contributed by atoms with Crippen molar-refractivity contribution < 1.29 is 17.9 Å². The van der Waals surface area contributed by atoms with Gasteiger partial charge in [-0.2, -0.15) is 8.42 Å². The molecular weight excluding hydrogens is 260 g/mol. The molecule has 0 spiro atoms. The third kappa shape index (κ3) is 4.45. The second-order valence-electron chi connectivity index (χ2n) is 3.62.